The van der Waals surface area contributed by atoms with Gasteiger partial charge in [0.25, 0.3) is 5.69 Å². The topological polar surface area (TPSA) is 79.4 Å². The first kappa shape index (κ1) is 13.8. The van der Waals surface area contributed by atoms with Crippen LogP contribution in [0.3, 0.4) is 0 Å². The summed E-state index contributed by atoms with van der Waals surface area (Å²) in [6.45, 7) is 3.26. The highest BCUT2D eigenvalue weighted by atomic mass is 16.6. The number of benzene rings is 1. The van der Waals surface area contributed by atoms with Gasteiger partial charge in [-0.15, -0.1) is 0 Å². The summed E-state index contributed by atoms with van der Waals surface area (Å²) >= 11 is 0. The third-order valence-corrected chi connectivity index (χ3v) is 4.07. The van der Waals surface area contributed by atoms with Gasteiger partial charge >= 0.3 is 0 Å². The van der Waals surface area contributed by atoms with Crippen molar-refractivity contribution in [1.82, 2.24) is 0 Å². The van der Waals surface area contributed by atoms with Gasteiger partial charge in [-0.3, -0.25) is 10.1 Å². The van der Waals surface area contributed by atoms with Crippen LogP contribution in [0.4, 0.5) is 11.4 Å². The van der Waals surface area contributed by atoms with E-state index in [0.29, 0.717) is 30.3 Å². The number of hydrogen-bond acceptors (Lipinski definition) is 5. The molecule has 1 heterocycles. The van der Waals surface area contributed by atoms with Crippen molar-refractivity contribution in [2.24, 2.45) is 5.92 Å². The molecule has 1 aliphatic carbocycles. The number of nitro benzene ring substituents is 1. The monoisotopic (exact) mass is 287 g/mol. The van der Waals surface area contributed by atoms with E-state index >= 15 is 0 Å². The summed E-state index contributed by atoms with van der Waals surface area (Å²) in [6, 6.07) is 6.57. The molecule has 6 nitrogen and oxygen atoms in total. The number of nitriles is 1. The van der Waals surface area contributed by atoms with Gasteiger partial charge in [0.1, 0.15) is 5.69 Å². The van der Waals surface area contributed by atoms with Crippen LogP contribution >= 0.6 is 0 Å². The SMILES string of the molecule is C[C@H]1CN(c2cc(C#N)ccc2[N+](=O)[O-])C[C@@H](C2CC2)O1. The molecule has 2 fully saturated rings. The fraction of sp³-hybridized carbons (Fsp3) is 0.533. The largest absolute Gasteiger partial charge is 0.371 e. The van der Waals surface area contributed by atoms with Crippen LogP contribution in [-0.2, 0) is 4.74 Å². The number of ether oxygens (including phenoxy) is 1. The summed E-state index contributed by atoms with van der Waals surface area (Å²) in [5.74, 6) is 0.577. The van der Waals surface area contributed by atoms with Gasteiger partial charge in [-0.25, -0.2) is 0 Å². The van der Waals surface area contributed by atoms with Gasteiger partial charge in [-0.1, -0.05) is 0 Å². The van der Waals surface area contributed by atoms with E-state index in [-0.39, 0.29) is 22.8 Å². The zero-order valence-corrected chi connectivity index (χ0v) is 11.9. The van der Waals surface area contributed by atoms with Crippen molar-refractivity contribution < 1.29 is 9.66 Å². The first-order chi connectivity index (χ1) is 10.1. The number of anilines is 1. The lowest BCUT2D eigenvalue weighted by atomic mass is 10.1. The number of morpholine rings is 1. The maximum atomic E-state index is 11.2. The van der Waals surface area contributed by atoms with Crippen molar-refractivity contribution in [2.45, 2.75) is 32.0 Å². The minimum absolute atomic E-state index is 0.0368. The van der Waals surface area contributed by atoms with Crippen LogP contribution in [0.2, 0.25) is 0 Å². The molecular formula is C15H17N3O3. The molecule has 0 unspecified atom stereocenters. The summed E-state index contributed by atoms with van der Waals surface area (Å²) in [5.41, 5.74) is 1.02. The normalized spacial score (nSPS) is 25.4. The molecule has 0 amide bonds. The van der Waals surface area contributed by atoms with Crippen LogP contribution in [0, 0.1) is 27.4 Å². The third kappa shape index (κ3) is 2.83. The van der Waals surface area contributed by atoms with Crippen LogP contribution in [0.25, 0.3) is 0 Å². The molecule has 0 N–H and O–H groups in total. The van der Waals surface area contributed by atoms with Crippen LogP contribution in [-0.4, -0.2) is 30.2 Å². The molecule has 110 valence electrons. The summed E-state index contributed by atoms with van der Waals surface area (Å²) in [6.07, 6.45) is 2.52. The molecular weight excluding hydrogens is 270 g/mol. The number of hydrogen-bond donors (Lipinski definition) is 0. The quantitative estimate of drug-likeness (QED) is 0.630. The van der Waals surface area contributed by atoms with Crippen LogP contribution in [0.1, 0.15) is 25.3 Å². The molecule has 6 heteroatoms. The van der Waals surface area contributed by atoms with E-state index in [1.54, 1.807) is 6.07 Å². The smallest absolute Gasteiger partial charge is 0.292 e. The second kappa shape index (κ2) is 5.34. The van der Waals surface area contributed by atoms with Crippen molar-refractivity contribution in [1.29, 1.82) is 5.26 Å². The minimum atomic E-state index is -0.386. The highest BCUT2D eigenvalue weighted by Gasteiger charge is 2.38. The molecule has 1 aliphatic heterocycles. The molecule has 21 heavy (non-hydrogen) atoms. The van der Waals surface area contributed by atoms with Crippen LogP contribution in [0.5, 0.6) is 0 Å². The lowest BCUT2D eigenvalue weighted by Gasteiger charge is -2.38. The van der Waals surface area contributed by atoms with Gasteiger partial charge in [-0.05, 0) is 37.8 Å². The molecule has 1 aromatic carbocycles. The zero-order valence-electron chi connectivity index (χ0n) is 11.9. The fourth-order valence-corrected chi connectivity index (χ4v) is 2.91. The Morgan fingerprint density at radius 2 is 2.19 bits per heavy atom. The fourth-order valence-electron chi connectivity index (χ4n) is 2.91. The molecule has 0 spiro atoms. The lowest BCUT2D eigenvalue weighted by molar-refractivity contribution is -0.384. The summed E-state index contributed by atoms with van der Waals surface area (Å²) in [5, 5.41) is 20.3. The van der Waals surface area contributed by atoms with E-state index < -0.39 is 0 Å². The second-order valence-corrected chi connectivity index (χ2v) is 5.80. The zero-order chi connectivity index (χ0) is 15.0. The summed E-state index contributed by atoms with van der Waals surface area (Å²) < 4.78 is 5.94. The average Bonchev–Trinajstić information content (AvgIpc) is 3.30. The van der Waals surface area contributed by atoms with Crippen molar-refractivity contribution in [3.63, 3.8) is 0 Å². The Morgan fingerprint density at radius 1 is 1.43 bits per heavy atom. The Bertz CT molecular complexity index is 607. The van der Waals surface area contributed by atoms with Crippen molar-refractivity contribution >= 4 is 11.4 Å². The predicted octanol–water partition coefficient (Wildman–Crippen LogP) is 2.47. The van der Waals surface area contributed by atoms with E-state index in [1.165, 1.54) is 25.0 Å². The van der Waals surface area contributed by atoms with Crippen molar-refractivity contribution in [3.05, 3.63) is 33.9 Å². The number of nitro groups is 1. The highest BCUT2D eigenvalue weighted by Crippen LogP contribution is 2.39. The van der Waals surface area contributed by atoms with Crippen molar-refractivity contribution in [2.75, 3.05) is 18.0 Å². The van der Waals surface area contributed by atoms with E-state index in [9.17, 15) is 10.1 Å². The molecule has 2 aliphatic rings. The van der Waals surface area contributed by atoms with Crippen LogP contribution in [0.15, 0.2) is 18.2 Å². The van der Waals surface area contributed by atoms with E-state index in [1.807, 2.05) is 17.9 Å². The molecule has 0 bridgehead atoms. The van der Waals surface area contributed by atoms with Gasteiger partial charge < -0.3 is 9.64 Å². The Balaban J connectivity index is 1.93. The standard InChI is InChI=1S/C15H17N3O3/c1-10-8-17(9-15(21-10)12-3-4-12)14-6-11(7-16)2-5-13(14)18(19)20/h2,5-6,10,12,15H,3-4,8-9H2,1H3/t10-,15-/m0/s1. The summed E-state index contributed by atoms with van der Waals surface area (Å²) in [7, 11) is 0. The second-order valence-electron chi connectivity index (χ2n) is 5.80. The molecule has 0 aromatic heterocycles. The van der Waals surface area contributed by atoms with E-state index in [2.05, 4.69) is 0 Å². The Morgan fingerprint density at radius 3 is 2.81 bits per heavy atom. The third-order valence-electron chi connectivity index (χ3n) is 4.07. The maximum absolute atomic E-state index is 11.2. The lowest BCUT2D eigenvalue weighted by Crippen LogP contribution is -2.47. The van der Waals surface area contributed by atoms with Gasteiger partial charge in [0.05, 0.1) is 28.8 Å². The van der Waals surface area contributed by atoms with Gasteiger partial charge in [0, 0.05) is 19.2 Å². The van der Waals surface area contributed by atoms with E-state index in [0.717, 1.165) is 0 Å². The maximum Gasteiger partial charge on any atom is 0.292 e. The Hall–Kier alpha value is -2.13. The van der Waals surface area contributed by atoms with Gasteiger partial charge in [0.2, 0.25) is 0 Å². The molecule has 1 aromatic rings. The molecule has 3 rings (SSSR count). The van der Waals surface area contributed by atoms with Crippen molar-refractivity contribution in [3.8, 4) is 6.07 Å². The van der Waals surface area contributed by atoms with Crippen LogP contribution < -0.4 is 4.90 Å². The predicted molar refractivity (Wildman–Crippen MR) is 77.1 cm³/mol. The average molecular weight is 287 g/mol. The number of rotatable bonds is 3. The van der Waals surface area contributed by atoms with E-state index in [4.69, 9.17) is 10.00 Å². The molecule has 2 atom stereocenters. The molecule has 0 radical (unpaired) electrons. The molecule has 1 saturated heterocycles. The Kier molecular flexibility index (Phi) is 3.52. The molecule has 1 saturated carbocycles. The minimum Gasteiger partial charge on any atom is -0.371 e. The number of nitrogens with zero attached hydrogens (tertiary/aromatic N) is 3. The van der Waals surface area contributed by atoms with Gasteiger partial charge in [-0.2, -0.15) is 5.26 Å². The summed E-state index contributed by atoms with van der Waals surface area (Å²) in [4.78, 5) is 12.8. The highest BCUT2D eigenvalue weighted by molar-refractivity contribution is 5.66. The first-order valence-corrected chi connectivity index (χ1v) is 7.17. The first-order valence-electron chi connectivity index (χ1n) is 7.17. The van der Waals surface area contributed by atoms with Gasteiger partial charge in [0.15, 0.2) is 0 Å². The Labute approximate surface area is 123 Å².